The van der Waals surface area contributed by atoms with E-state index in [0.29, 0.717) is 12.5 Å². The predicted molar refractivity (Wildman–Crippen MR) is 64.5 cm³/mol. The lowest BCUT2D eigenvalue weighted by Crippen LogP contribution is -2.38. The lowest BCUT2D eigenvalue weighted by molar-refractivity contribution is -0.129. The Morgan fingerprint density at radius 1 is 1.40 bits per heavy atom. The van der Waals surface area contributed by atoms with E-state index in [1.165, 1.54) is 0 Å². The first kappa shape index (κ1) is 14.4. The second kappa shape index (κ2) is 6.83. The molecule has 1 amide bonds. The molecule has 0 saturated heterocycles. The molecule has 0 atom stereocenters. The van der Waals surface area contributed by atoms with E-state index in [1.54, 1.807) is 0 Å². The monoisotopic (exact) mass is 214 g/mol. The van der Waals surface area contributed by atoms with Gasteiger partial charge < -0.3 is 11.1 Å². The minimum absolute atomic E-state index is 0.122. The fourth-order valence-corrected chi connectivity index (χ4v) is 1.43. The molecule has 0 rings (SSSR count). The molecule has 3 heteroatoms. The molecule has 0 heterocycles. The molecule has 0 spiro atoms. The van der Waals surface area contributed by atoms with Gasteiger partial charge in [-0.2, -0.15) is 0 Å². The second-order valence-corrected chi connectivity index (χ2v) is 5.21. The Balaban J connectivity index is 3.73. The minimum Gasteiger partial charge on any atom is -0.356 e. The summed E-state index contributed by atoms with van der Waals surface area (Å²) in [6.45, 7) is 9.62. The molecule has 90 valence electrons. The number of carbonyl (C=O) groups is 1. The molecule has 0 saturated carbocycles. The van der Waals surface area contributed by atoms with Crippen molar-refractivity contribution in [1.82, 2.24) is 5.32 Å². The maximum Gasteiger partial charge on any atom is 0.225 e. The van der Waals surface area contributed by atoms with E-state index >= 15 is 0 Å². The predicted octanol–water partition coefficient (Wildman–Crippen LogP) is 1.91. The van der Waals surface area contributed by atoms with Crippen LogP contribution in [0.3, 0.4) is 0 Å². The van der Waals surface area contributed by atoms with E-state index < -0.39 is 0 Å². The average molecular weight is 214 g/mol. The summed E-state index contributed by atoms with van der Waals surface area (Å²) in [6, 6.07) is 0. The van der Waals surface area contributed by atoms with Gasteiger partial charge in [-0.1, -0.05) is 27.7 Å². The highest BCUT2D eigenvalue weighted by atomic mass is 16.2. The first-order valence-corrected chi connectivity index (χ1v) is 5.88. The van der Waals surface area contributed by atoms with Gasteiger partial charge in [-0.05, 0) is 31.7 Å². The molecule has 0 unspecified atom stereocenters. The third-order valence-corrected chi connectivity index (χ3v) is 2.63. The zero-order valence-corrected chi connectivity index (χ0v) is 10.6. The lowest BCUT2D eigenvalue weighted by Gasteiger charge is -2.22. The van der Waals surface area contributed by atoms with Gasteiger partial charge in [0.2, 0.25) is 5.91 Å². The number of amides is 1. The van der Waals surface area contributed by atoms with Crippen LogP contribution in [0, 0.1) is 11.3 Å². The van der Waals surface area contributed by atoms with Gasteiger partial charge in [0, 0.05) is 12.0 Å². The summed E-state index contributed by atoms with van der Waals surface area (Å²) in [6.07, 6.45) is 2.96. The van der Waals surface area contributed by atoms with Crippen LogP contribution < -0.4 is 11.1 Å². The Morgan fingerprint density at radius 2 is 2.00 bits per heavy atom. The Kier molecular flexibility index (Phi) is 6.57. The molecule has 3 nitrogen and oxygen atoms in total. The van der Waals surface area contributed by atoms with Crippen molar-refractivity contribution in [2.45, 2.75) is 47.0 Å². The molecule has 0 aromatic carbocycles. The Hall–Kier alpha value is -0.570. The molecule has 0 aliphatic heterocycles. The fourth-order valence-electron chi connectivity index (χ4n) is 1.43. The molecule has 0 aliphatic rings. The Morgan fingerprint density at radius 3 is 2.47 bits per heavy atom. The fraction of sp³-hybridized carbons (Fsp3) is 0.917. The molecule has 0 fully saturated rings. The lowest BCUT2D eigenvalue weighted by atomic mass is 9.88. The van der Waals surface area contributed by atoms with Crippen LogP contribution in [0.15, 0.2) is 0 Å². The van der Waals surface area contributed by atoms with Crippen LogP contribution in [-0.4, -0.2) is 19.0 Å². The quantitative estimate of drug-likeness (QED) is 0.636. The summed E-state index contributed by atoms with van der Waals surface area (Å²) in [7, 11) is 0. The van der Waals surface area contributed by atoms with Gasteiger partial charge in [-0.15, -0.1) is 0 Å². The highest BCUT2D eigenvalue weighted by Gasteiger charge is 2.25. The third-order valence-electron chi connectivity index (χ3n) is 2.63. The van der Waals surface area contributed by atoms with Gasteiger partial charge in [0.25, 0.3) is 0 Å². The van der Waals surface area contributed by atoms with Crippen molar-refractivity contribution >= 4 is 5.91 Å². The van der Waals surface area contributed by atoms with Crippen LogP contribution in [0.4, 0.5) is 0 Å². The summed E-state index contributed by atoms with van der Waals surface area (Å²) < 4.78 is 0. The van der Waals surface area contributed by atoms with Crippen molar-refractivity contribution in [3.63, 3.8) is 0 Å². The highest BCUT2D eigenvalue weighted by molar-refractivity contribution is 5.81. The van der Waals surface area contributed by atoms with Crippen LogP contribution in [-0.2, 0) is 4.79 Å². The molecular formula is C12H26N2O. The normalized spacial score (nSPS) is 11.9. The first-order valence-electron chi connectivity index (χ1n) is 5.88. The van der Waals surface area contributed by atoms with E-state index in [0.717, 1.165) is 25.8 Å². The number of nitrogens with one attached hydrogen (secondary N) is 1. The number of rotatable bonds is 7. The van der Waals surface area contributed by atoms with Crippen molar-refractivity contribution in [2.24, 2.45) is 17.1 Å². The van der Waals surface area contributed by atoms with E-state index in [4.69, 9.17) is 5.73 Å². The van der Waals surface area contributed by atoms with Gasteiger partial charge in [0.05, 0.1) is 0 Å². The Bertz CT molecular complexity index is 188. The number of carbonyl (C=O) groups excluding carboxylic acids is 1. The van der Waals surface area contributed by atoms with E-state index in [9.17, 15) is 4.79 Å². The number of hydrogen-bond donors (Lipinski definition) is 2. The Labute approximate surface area is 93.8 Å². The molecule has 15 heavy (non-hydrogen) atoms. The highest BCUT2D eigenvalue weighted by Crippen LogP contribution is 2.19. The molecule has 0 bridgehead atoms. The smallest absolute Gasteiger partial charge is 0.225 e. The van der Waals surface area contributed by atoms with Gasteiger partial charge in [0.1, 0.15) is 0 Å². The standard InChI is InChI=1S/C12H26N2O/c1-10(2)6-5-9-14-11(15)12(3,4)7-8-13/h10H,5-9,13H2,1-4H3,(H,14,15). The largest absolute Gasteiger partial charge is 0.356 e. The second-order valence-electron chi connectivity index (χ2n) is 5.21. The van der Waals surface area contributed by atoms with Crippen molar-refractivity contribution in [1.29, 1.82) is 0 Å². The molecule has 3 N–H and O–H groups in total. The van der Waals surface area contributed by atoms with Crippen LogP contribution >= 0.6 is 0 Å². The van der Waals surface area contributed by atoms with E-state index in [-0.39, 0.29) is 11.3 Å². The summed E-state index contributed by atoms with van der Waals surface area (Å²) >= 11 is 0. The van der Waals surface area contributed by atoms with Crippen LogP contribution in [0.25, 0.3) is 0 Å². The minimum atomic E-state index is -0.327. The van der Waals surface area contributed by atoms with Gasteiger partial charge >= 0.3 is 0 Å². The summed E-state index contributed by atoms with van der Waals surface area (Å²) in [5, 5.41) is 2.97. The van der Waals surface area contributed by atoms with Crippen molar-refractivity contribution in [3.05, 3.63) is 0 Å². The topological polar surface area (TPSA) is 55.1 Å². The first-order chi connectivity index (χ1) is 6.90. The van der Waals surface area contributed by atoms with Crippen molar-refractivity contribution in [2.75, 3.05) is 13.1 Å². The van der Waals surface area contributed by atoms with E-state index in [1.807, 2.05) is 13.8 Å². The molecule has 0 aliphatic carbocycles. The zero-order chi connectivity index (χ0) is 11.9. The van der Waals surface area contributed by atoms with Crippen LogP contribution in [0.5, 0.6) is 0 Å². The van der Waals surface area contributed by atoms with Gasteiger partial charge in [0.15, 0.2) is 0 Å². The molecular weight excluding hydrogens is 188 g/mol. The van der Waals surface area contributed by atoms with Crippen LogP contribution in [0.1, 0.15) is 47.0 Å². The van der Waals surface area contributed by atoms with Crippen LogP contribution in [0.2, 0.25) is 0 Å². The molecule has 0 aromatic heterocycles. The molecule has 0 aromatic rings. The summed E-state index contributed by atoms with van der Waals surface area (Å²) in [5.74, 6) is 0.829. The SMILES string of the molecule is CC(C)CCCNC(=O)C(C)(C)CCN. The third kappa shape index (κ3) is 6.50. The number of nitrogens with two attached hydrogens (primary N) is 1. The van der Waals surface area contributed by atoms with Gasteiger partial charge in [-0.3, -0.25) is 4.79 Å². The number of hydrogen-bond acceptors (Lipinski definition) is 2. The van der Waals surface area contributed by atoms with Crippen molar-refractivity contribution in [3.8, 4) is 0 Å². The summed E-state index contributed by atoms with van der Waals surface area (Å²) in [5.41, 5.74) is 5.14. The summed E-state index contributed by atoms with van der Waals surface area (Å²) in [4.78, 5) is 11.7. The maximum atomic E-state index is 11.7. The van der Waals surface area contributed by atoms with Gasteiger partial charge in [-0.25, -0.2) is 0 Å². The average Bonchev–Trinajstić information content (AvgIpc) is 2.11. The zero-order valence-electron chi connectivity index (χ0n) is 10.6. The maximum absolute atomic E-state index is 11.7. The van der Waals surface area contributed by atoms with E-state index in [2.05, 4.69) is 19.2 Å². The van der Waals surface area contributed by atoms with Crippen molar-refractivity contribution < 1.29 is 4.79 Å². The molecule has 0 radical (unpaired) electrons.